The summed E-state index contributed by atoms with van der Waals surface area (Å²) >= 11 is 0. The van der Waals surface area contributed by atoms with Gasteiger partial charge in [0.25, 0.3) is 5.91 Å². The summed E-state index contributed by atoms with van der Waals surface area (Å²) in [6.45, 7) is 1.54. The van der Waals surface area contributed by atoms with Gasteiger partial charge in [0.15, 0.2) is 6.61 Å². The highest BCUT2D eigenvalue weighted by Crippen LogP contribution is 2.23. The van der Waals surface area contributed by atoms with Gasteiger partial charge in [0.2, 0.25) is 0 Å². The molecule has 0 saturated heterocycles. The Morgan fingerprint density at radius 3 is 2.59 bits per heavy atom. The largest absolute Gasteiger partial charge is 0.452 e. The molecule has 7 heteroatoms. The van der Waals surface area contributed by atoms with Crippen LogP contribution in [-0.4, -0.2) is 30.6 Å². The molecule has 1 aromatic carbocycles. The summed E-state index contributed by atoms with van der Waals surface area (Å²) in [6, 6.07) is 8.13. The number of carbonyl (C=O) groups excluding carboxylic acids is 3. The molecule has 0 aromatic heterocycles. The van der Waals surface area contributed by atoms with E-state index in [1.165, 1.54) is 12.2 Å². The van der Waals surface area contributed by atoms with E-state index in [0.717, 1.165) is 31.2 Å². The fourth-order valence-electron chi connectivity index (χ4n) is 2.92. The number of hydrogen-bond acceptors (Lipinski definition) is 5. The molecule has 1 aliphatic carbocycles. The van der Waals surface area contributed by atoms with Crippen molar-refractivity contribution in [1.82, 2.24) is 10.6 Å². The molecule has 2 rings (SSSR count). The van der Waals surface area contributed by atoms with Crippen LogP contribution in [0.1, 0.15) is 43.7 Å². The van der Waals surface area contributed by atoms with E-state index < -0.39 is 24.5 Å². The summed E-state index contributed by atoms with van der Waals surface area (Å²) in [5.74, 6) is -1.00. The Balaban J connectivity index is 1.70. The Bertz CT molecular complexity index is 749. The van der Waals surface area contributed by atoms with Crippen molar-refractivity contribution >= 4 is 24.0 Å². The van der Waals surface area contributed by atoms with Crippen molar-refractivity contribution in [3.63, 3.8) is 0 Å². The molecule has 0 radical (unpaired) electrons. The Morgan fingerprint density at radius 1 is 1.22 bits per heavy atom. The maximum absolute atomic E-state index is 11.9. The van der Waals surface area contributed by atoms with E-state index in [0.29, 0.717) is 11.5 Å². The van der Waals surface area contributed by atoms with Gasteiger partial charge < -0.3 is 10.1 Å². The summed E-state index contributed by atoms with van der Waals surface area (Å²) in [4.78, 5) is 35.2. The van der Waals surface area contributed by atoms with Crippen LogP contribution in [0, 0.1) is 17.2 Å². The fourth-order valence-corrected chi connectivity index (χ4v) is 2.92. The van der Waals surface area contributed by atoms with Gasteiger partial charge >= 0.3 is 12.0 Å². The first-order chi connectivity index (χ1) is 13.0. The van der Waals surface area contributed by atoms with Gasteiger partial charge in [0, 0.05) is 12.1 Å². The van der Waals surface area contributed by atoms with Crippen LogP contribution in [0.4, 0.5) is 4.79 Å². The molecule has 0 unspecified atom stereocenters. The molecule has 27 heavy (non-hydrogen) atoms. The van der Waals surface area contributed by atoms with E-state index in [-0.39, 0.29) is 6.04 Å². The zero-order valence-electron chi connectivity index (χ0n) is 15.2. The highest BCUT2D eigenvalue weighted by molar-refractivity contribution is 5.96. The van der Waals surface area contributed by atoms with E-state index >= 15 is 0 Å². The molecule has 0 spiro atoms. The minimum absolute atomic E-state index is 0.0597. The second-order valence-electron chi connectivity index (χ2n) is 6.56. The summed E-state index contributed by atoms with van der Waals surface area (Å²) in [5.41, 5.74) is 1.24. The van der Waals surface area contributed by atoms with Crippen molar-refractivity contribution in [2.45, 2.75) is 38.6 Å². The molecule has 0 aliphatic heterocycles. The van der Waals surface area contributed by atoms with Crippen LogP contribution in [0.15, 0.2) is 30.3 Å². The van der Waals surface area contributed by atoms with Gasteiger partial charge in [-0.3, -0.25) is 10.1 Å². The van der Waals surface area contributed by atoms with Crippen LogP contribution in [0.2, 0.25) is 0 Å². The summed E-state index contributed by atoms with van der Waals surface area (Å²) in [5, 5.41) is 13.7. The first kappa shape index (κ1) is 20.2. The number of imide groups is 1. The number of nitriles is 1. The van der Waals surface area contributed by atoms with Gasteiger partial charge in [-0.1, -0.05) is 31.9 Å². The van der Waals surface area contributed by atoms with Crippen LogP contribution in [0.5, 0.6) is 0 Å². The zero-order valence-corrected chi connectivity index (χ0v) is 15.2. The molecule has 2 N–H and O–H groups in total. The lowest BCUT2D eigenvalue weighted by Crippen LogP contribution is -2.48. The second kappa shape index (κ2) is 10.1. The minimum Gasteiger partial charge on any atom is -0.452 e. The lowest BCUT2D eigenvalue weighted by molar-refractivity contribution is -0.143. The van der Waals surface area contributed by atoms with Crippen molar-refractivity contribution in [3.05, 3.63) is 41.5 Å². The van der Waals surface area contributed by atoms with Crippen molar-refractivity contribution in [3.8, 4) is 6.07 Å². The molecule has 1 saturated carbocycles. The highest BCUT2D eigenvalue weighted by Gasteiger charge is 2.23. The average Bonchev–Trinajstić information content (AvgIpc) is 2.67. The molecule has 142 valence electrons. The maximum atomic E-state index is 11.9. The number of nitrogens with zero attached hydrogens (tertiary/aromatic N) is 1. The third-order valence-corrected chi connectivity index (χ3v) is 4.48. The number of esters is 1. The SMILES string of the molecule is C[C@@H]1CCCC[C@@H]1NC(=O)NC(=O)COC(=O)/C=C/c1ccc(C#N)cc1. The molecule has 7 nitrogen and oxygen atoms in total. The van der Waals surface area contributed by atoms with Gasteiger partial charge in [0.1, 0.15) is 0 Å². The van der Waals surface area contributed by atoms with E-state index in [1.54, 1.807) is 24.3 Å². The lowest BCUT2D eigenvalue weighted by Gasteiger charge is -2.29. The number of hydrogen-bond donors (Lipinski definition) is 2. The average molecular weight is 369 g/mol. The lowest BCUT2D eigenvalue weighted by atomic mass is 9.86. The normalized spacial score (nSPS) is 19.1. The summed E-state index contributed by atoms with van der Waals surface area (Å²) in [7, 11) is 0. The third kappa shape index (κ3) is 6.94. The van der Waals surface area contributed by atoms with Gasteiger partial charge in [-0.05, 0) is 42.5 Å². The number of benzene rings is 1. The molecular formula is C20H23N3O4. The van der Waals surface area contributed by atoms with Crippen molar-refractivity contribution in [2.24, 2.45) is 5.92 Å². The maximum Gasteiger partial charge on any atom is 0.331 e. The second-order valence-corrected chi connectivity index (χ2v) is 6.56. The molecule has 1 fully saturated rings. The standard InChI is InChI=1S/C20H23N3O4/c1-14-4-2-3-5-17(14)22-20(26)23-18(24)13-27-19(25)11-10-15-6-8-16(12-21)9-7-15/h6-11,14,17H,2-5,13H2,1H3,(H2,22,23,24,26)/b11-10+/t14-,17+/m1/s1. The van der Waals surface area contributed by atoms with Gasteiger partial charge in [-0.15, -0.1) is 0 Å². The number of ether oxygens (including phenoxy) is 1. The fraction of sp³-hybridized carbons (Fsp3) is 0.400. The molecule has 1 aliphatic rings. The Morgan fingerprint density at radius 2 is 1.93 bits per heavy atom. The van der Waals surface area contributed by atoms with Gasteiger partial charge in [-0.2, -0.15) is 5.26 Å². The van der Waals surface area contributed by atoms with E-state index in [9.17, 15) is 14.4 Å². The number of rotatable bonds is 5. The summed E-state index contributed by atoms with van der Waals surface area (Å²) < 4.78 is 4.81. The third-order valence-electron chi connectivity index (χ3n) is 4.48. The first-order valence-corrected chi connectivity index (χ1v) is 8.93. The smallest absolute Gasteiger partial charge is 0.331 e. The molecule has 1 aromatic rings. The zero-order chi connectivity index (χ0) is 19.6. The number of nitrogens with one attached hydrogen (secondary N) is 2. The van der Waals surface area contributed by atoms with Crippen LogP contribution < -0.4 is 10.6 Å². The van der Waals surface area contributed by atoms with Crippen molar-refractivity contribution in [1.29, 1.82) is 5.26 Å². The molecule has 2 atom stereocenters. The topological polar surface area (TPSA) is 108 Å². The summed E-state index contributed by atoms with van der Waals surface area (Å²) in [6.07, 6.45) is 6.87. The Kier molecular flexibility index (Phi) is 7.56. The van der Waals surface area contributed by atoms with E-state index in [4.69, 9.17) is 10.00 Å². The molecule has 0 heterocycles. The van der Waals surface area contributed by atoms with Crippen molar-refractivity contribution in [2.75, 3.05) is 6.61 Å². The van der Waals surface area contributed by atoms with Crippen LogP contribution in [0.3, 0.4) is 0 Å². The van der Waals surface area contributed by atoms with Crippen LogP contribution in [0.25, 0.3) is 6.08 Å². The Labute approximate surface area is 158 Å². The van der Waals surface area contributed by atoms with Crippen molar-refractivity contribution < 1.29 is 19.1 Å². The molecule has 3 amide bonds. The van der Waals surface area contributed by atoms with Gasteiger partial charge in [0.05, 0.1) is 11.6 Å². The van der Waals surface area contributed by atoms with Crippen LogP contribution >= 0.6 is 0 Å². The minimum atomic E-state index is -0.698. The van der Waals surface area contributed by atoms with E-state index in [2.05, 4.69) is 17.6 Å². The quantitative estimate of drug-likeness (QED) is 0.612. The monoisotopic (exact) mass is 369 g/mol. The predicted molar refractivity (Wildman–Crippen MR) is 99.2 cm³/mol. The van der Waals surface area contributed by atoms with Gasteiger partial charge in [-0.25, -0.2) is 9.59 Å². The number of urea groups is 1. The van der Waals surface area contributed by atoms with E-state index in [1.807, 2.05) is 6.07 Å². The predicted octanol–water partition coefficient (Wildman–Crippen LogP) is 2.52. The number of amides is 3. The number of carbonyl (C=O) groups is 3. The van der Waals surface area contributed by atoms with Crippen LogP contribution in [-0.2, 0) is 14.3 Å². The molecule has 0 bridgehead atoms. The molecular weight excluding hydrogens is 346 g/mol. The Hall–Kier alpha value is -3.14. The highest BCUT2D eigenvalue weighted by atomic mass is 16.5. The first-order valence-electron chi connectivity index (χ1n) is 8.93.